The first-order valence-corrected chi connectivity index (χ1v) is 8.92. The lowest BCUT2D eigenvalue weighted by molar-refractivity contribution is 0.295. The number of benzene rings is 1. The summed E-state index contributed by atoms with van der Waals surface area (Å²) in [5.41, 5.74) is 0.668. The van der Waals surface area contributed by atoms with Gasteiger partial charge in [-0.05, 0) is 12.5 Å². The third kappa shape index (κ3) is 4.40. The van der Waals surface area contributed by atoms with E-state index in [2.05, 4.69) is 25.3 Å². The van der Waals surface area contributed by atoms with Crippen molar-refractivity contribution in [2.24, 2.45) is 0 Å². The van der Waals surface area contributed by atoms with E-state index in [1.54, 1.807) is 19.2 Å². The first-order valence-electron chi connectivity index (χ1n) is 8.01. The number of aromatic nitrogens is 4. The van der Waals surface area contributed by atoms with E-state index in [9.17, 15) is 0 Å². The molecule has 1 aromatic carbocycles. The molecule has 3 aromatic rings. The zero-order valence-electron chi connectivity index (χ0n) is 14.7. The molecular weight excluding hydrogens is 393 g/mol. The Morgan fingerprint density at radius 3 is 2.63 bits per heavy atom. The average Bonchev–Trinajstić information content (AvgIpc) is 2.69. The fraction of sp³-hybridized carbons (Fsp3) is 0.294. The van der Waals surface area contributed by atoms with Gasteiger partial charge in [-0.2, -0.15) is 4.98 Å². The highest BCUT2D eigenvalue weighted by Crippen LogP contribution is 2.35. The van der Waals surface area contributed by atoms with E-state index in [1.807, 2.05) is 0 Å². The standard InChI is InChI=1S/C17H17Cl2N5O3/c1-25-12-6-10-11(7-13(12)27-5-3-4-18)21-9-22-16(10)24-17-15(19)20-8-14(23-17)26-2/h6-9H,3-5H2,1-2H3,(H,21,22,23,24). The molecule has 142 valence electrons. The molecule has 27 heavy (non-hydrogen) atoms. The van der Waals surface area contributed by atoms with Crippen LogP contribution in [0, 0.1) is 0 Å². The summed E-state index contributed by atoms with van der Waals surface area (Å²) in [4.78, 5) is 16.9. The predicted molar refractivity (Wildman–Crippen MR) is 104 cm³/mol. The van der Waals surface area contributed by atoms with Crippen molar-refractivity contribution < 1.29 is 14.2 Å². The lowest BCUT2D eigenvalue weighted by Crippen LogP contribution is -2.03. The first kappa shape index (κ1) is 19.2. The van der Waals surface area contributed by atoms with Crippen molar-refractivity contribution in [3.63, 3.8) is 0 Å². The third-order valence-electron chi connectivity index (χ3n) is 3.61. The summed E-state index contributed by atoms with van der Waals surface area (Å²) in [6, 6.07) is 3.57. The minimum Gasteiger partial charge on any atom is -0.493 e. The van der Waals surface area contributed by atoms with Gasteiger partial charge in [0.05, 0.1) is 32.5 Å². The zero-order valence-corrected chi connectivity index (χ0v) is 16.2. The Bertz CT molecular complexity index is 942. The molecule has 0 aliphatic rings. The van der Waals surface area contributed by atoms with Gasteiger partial charge in [-0.25, -0.2) is 15.0 Å². The molecule has 0 radical (unpaired) electrons. The summed E-state index contributed by atoms with van der Waals surface area (Å²) in [5.74, 6) is 2.80. The Morgan fingerprint density at radius 1 is 1.04 bits per heavy atom. The van der Waals surface area contributed by atoms with Gasteiger partial charge in [-0.1, -0.05) is 11.6 Å². The molecule has 0 aliphatic heterocycles. The Hall–Kier alpha value is -2.58. The van der Waals surface area contributed by atoms with Crippen molar-refractivity contribution in [2.75, 3.05) is 32.0 Å². The van der Waals surface area contributed by atoms with E-state index < -0.39 is 0 Å². The maximum absolute atomic E-state index is 6.12. The summed E-state index contributed by atoms with van der Waals surface area (Å²) >= 11 is 11.8. The molecule has 0 unspecified atom stereocenters. The van der Waals surface area contributed by atoms with Crippen LogP contribution in [0.4, 0.5) is 11.6 Å². The van der Waals surface area contributed by atoms with Crippen LogP contribution >= 0.6 is 23.2 Å². The summed E-state index contributed by atoms with van der Waals surface area (Å²) in [6.07, 6.45) is 3.59. The number of nitrogens with one attached hydrogen (secondary N) is 1. The second-order valence-electron chi connectivity index (χ2n) is 5.31. The van der Waals surface area contributed by atoms with Gasteiger partial charge in [-0.3, -0.25) is 0 Å². The molecule has 0 atom stereocenters. The van der Waals surface area contributed by atoms with Crippen LogP contribution in [-0.4, -0.2) is 46.6 Å². The molecule has 0 spiro atoms. The van der Waals surface area contributed by atoms with Crippen LogP contribution in [0.5, 0.6) is 17.4 Å². The molecule has 2 heterocycles. The van der Waals surface area contributed by atoms with Crippen LogP contribution in [0.1, 0.15) is 6.42 Å². The van der Waals surface area contributed by atoms with Crippen LogP contribution < -0.4 is 19.5 Å². The number of methoxy groups -OCH3 is 2. The number of ether oxygens (including phenoxy) is 3. The summed E-state index contributed by atoms with van der Waals surface area (Å²) in [5, 5.41) is 3.96. The van der Waals surface area contributed by atoms with E-state index in [4.69, 9.17) is 37.4 Å². The van der Waals surface area contributed by atoms with Gasteiger partial charge in [0.2, 0.25) is 5.88 Å². The van der Waals surface area contributed by atoms with E-state index in [-0.39, 0.29) is 5.15 Å². The maximum Gasteiger partial charge on any atom is 0.234 e. The van der Waals surface area contributed by atoms with Gasteiger partial charge in [0.25, 0.3) is 0 Å². The lowest BCUT2D eigenvalue weighted by atomic mass is 10.2. The highest BCUT2D eigenvalue weighted by molar-refractivity contribution is 6.31. The second-order valence-corrected chi connectivity index (χ2v) is 6.05. The monoisotopic (exact) mass is 409 g/mol. The predicted octanol–water partition coefficient (Wildman–Crippen LogP) is 3.84. The fourth-order valence-corrected chi connectivity index (χ4v) is 2.57. The highest BCUT2D eigenvalue weighted by atomic mass is 35.5. The summed E-state index contributed by atoms with van der Waals surface area (Å²) < 4.78 is 16.3. The Balaban J connectivity index is 1.99. The molecule has 0 saturated heterocycles. The van der Waals surface area contributed by atoms with Gasteiger partial charge in [0, 0.05) is 17.3 Å². The van der Waals surface area contributed by atoms with Crippen molar-refractivity contribution in [1.29, 1.82) is 0 Å². The second kappa shape index (κ2) is 8.88. The van der Waals surface area contributed by atoms with Crippen LogP contribution in [0.15, 0.2) is 24.7 Å². The van der Waals surface area contributed by atoms with Gasteiger partial charge < -0.3 is 19.5 Å². The van der Waals surface area contributed by atoms with E-state index in [0.717, 1.165) is 6.42 Å². The van der Waals surface area contributed by atoms with Crippen LogP contribution in [0.3, 0.4) is 0 Å². The Labute approximate surface area is 165 Å². The lowest BCUT2D eigenvalue weighted by Gasteiger charge is -2.13. The summed E-state index contributed by atoms with van der Waals surface area (Å²) in [7, 11) is 3.06. The van der Waals surface area contributed by atoms with Crippen molar-refractivity contribution in [3.05, 3.63) is 29.8 Å². The number of halogens is 2. The van der Waals surface area contributed by atoms with E-state index >= 15 is 0 Å². The summed E-state index contributed by atoms with van der Waals surface area (Å²) in [6.45, 7) is 0.483. The number of nitrogens with zero attached hydrogens (tertiary/aromatic N) is 4. The van der Waals surface area contributed by atoms with Crippen molar-refractivity contribution in [1.82, 2.24) is 19.9 Å². The molecule has 0 saturated carbocycles. The van der Waals surface area contributed by atoms with Gasteiger partial charge in [0.15, 0.2) is 22.5 Å². The number of anilines is 2. The highest BCUT2D eigenvalue weighted by Gasteiger charge is 2.14. The van der Waals surface area contributed by atoms with Gasteiger partial charge in [-0.15, -0.1) is 11.6 Å². The molecular formula is C17H17Cl2N5O3. The smallest absolute Gasteiger partial charge is 0.234 e. The molecule has 0 aliphatic carbocycles. The van der Waals surface area contributed by atoms with Crippen LogP contribution in [0.25, 0.3) is 10.9 Å². The zero-order chi connectivity index (χ0) is 19.2. The normalized spacial score (nSPS) is 10.7. The Morgan fingerprint density at radius 2 is 1.89 bits per heavy atom. The molecule has 0 amide bonds. The molecule has 3 rings (SSSR count). The topological polar surface area (TPSA) is 91.3 Å². The number of hydrogen-bond acceptors (Lipinski definition) is 8. The number of rotatable bonds is 8. The largest absolute Gasteiger partial charge is 0.493 e. The molecule has 10 heteroatoms. The van der Waals surface area contributed by atoms with Crippen molar-refractivity contribution in [2.45, 2.75) is 6.42 Å². The van der Waals surface area contributed by atoms with E-state index in [0.29, 0.717) is 52.4 Å². The molecule has 0 fully saturated rings. The molecule has 1 N–H and O–H groups in total. The van der Waals surface area contributed by atoms with Crippen molar-refractivity contribution >= 4 is 45.7 Å². The molecule has 0 bridgehead atoms. The number of hydrogen-bond donors (Lipinski definition) is 1. The van der Waals surface area contributed by atoms with Crippen molar-refractivity contribution in [3.8, 4) is 17.4 Å². The number of fused-ring (bicyclic) bond motifs is 1. The van der Waals surface area contributed by atoms with Gasteiger partial charge in [0.1, 0.15) is 12.1 Å². The molecule has 8 nitrogen and oxygen atoms in total. The molecule has 2 aromatic heterocycles. The maximum atomic E-state index is 6.12. The minimum atomic E-state index is 0.190. The first-order chi connectivity index (χ1) is 13.2. The third-order valence-corrected chi connectivity index (χ3v) is 4.15. The quantitative estimate of drug-likeness (QED) is 0.443. The minimum absolute atomic E-state index is 0.190. The Kier molecular flexibility index (Phi) is 6.31. The van der Waals surface area contributed by atoms with Crippen LogP contribution in [0.2, 0.25) is 5.15 Å². The SMILES string of the molecule is COc1cnc(Cl)c(Nc2ncnc3cc(OCCCCl)c(OC)cc23)n1. The average molecular weight is 410 g/mol. The van der Waals surface area contributed by atoms with Gasteiger partial charge >= 0.3 is 0 Å². The van der Waals surface area contributed by atoms with Crippen LogP contribution in [-0.2, 0) is 0 Å². The van der Waals surface area contributed by atoms with E-state index in [1.165, 1.54) is 19.6 Å². The number of alkyl halides is 1. The fourth-order valence-electron chi connectivity index (χ4n) is 2.32.